The number of amides is 1. The number of ether oxygens (including phenoxy) is 1. The van der Waals surface area contributed by atoms with Gasteiger partial charge in [-0.1, -0.05) is 12.1 Å². The number of carbonyl (C=O) groups is 4. The molecule has 166 valence electrons. The highest BCUT2D eigenvalue weighted by Gasteiger charge is 2.18. The van der Waals surface area contributed by atoms with Gasteiger partial charge < -0.3 is 20.3 Å². The molecule has 1 unspecified atom stereocenters. The molecule has 31 heavy (non-hydrogen) atoms. The van der Waals surface area contributed by atoms with E-state index in [1.54, 1.807) is 31.4 Å². The Morgan fingerprint density at radius 1 is 0.968 bits per heavy atom. The van der Waals surface area contributed by atoms with Crippen LogP contribution in [0.5, 0.6) is 5.75 Å². The Hall–Kier alpha value is -3.72. The molecule has 0 heterocycles. The van der Waals surface area contributed by atoms with Crippen LogP contribution in [-0.2, 0) is 20.9 Å². The van der Waals surface area contributed by atoms with E-state index in [0.29, 0.717) is 17.8 Å². The van der Waals surface area contributed by atoms with Gasteiger partial charge in [0.1, 0.15) is 5.75 Å². The summed E-state index contributed by atoms with van der Waals surface area (Å²) in [5.74, 6) is -2.92. The lowest BCUT2D eigenvalue weighted by molar-refractivity contribution is -0.159. The van der Waals surface area contributed by atoms with Crippen molar-refractivity contribution in [1.82, 2.24) is 4.90 Å². The molecular formula is C22H26N2O7. The Balaban J connectivity index is 0.000000703. The standard InChI is InChI=1S/C20H24N2O3.C2H2O4/c1-14(22(3)13-16-5-11-19(25-4)12-6-16)20(24)21-18-9-7-17(8-10-18)15(2)23;3-1(4)2(5)6/h5-12,14H,13H2,1-4H3,(H,21,24);(H,3,4)(H,5,6). The third-order valence-corrected chi connectivity index (χ3v) is 4.37. The number of anilines is 1. The monoisotopic (exact) mass is 430 g/mol. The van der Waals surface area contributed by atoms with Crippen LogP contribution in [0.15, 0.2) is 48.5 Å². The van der Waals surface area contributed by atoms with Gasteiger partial charge in [0.15, 0.2) is 5.78 Å². The zero-order valence-electron chi connectivity index (χ0n) is 17.8. The molecule has 1 amide bonds. The summed E-state index contributed by atoms with van der Waals surface area (Å²) in [5.41, 5.74) is 2.41. The Morgan fingerprint density at radius 2 is 1.48 bits per heavy atom. The van der Waals surface area contributed by atoms with Gasteiger partial charge in [0.05, 0.1) is 13.2 Å². The average molecular weight is 430 g/mol. The van der Waals surface area contributed by atoms with Gasteiger partial charge in [0.25, 0.3) is 0 Å². The number of aliphatic carboxylic acids is 2. The smallest absolute Gasteiger partial charge is 0.414 e. The topological polar surface area (TPSA) is 133 Å². The van der Waals surface area contributed by atoms with E-state index in [1.807, 2.05) is 43.1 Å². The molecule has 0 radical (unpaired) electrons. The quantitative estimate of drug-likeness (QED) is 0.451. The van der Waals surface area contributed by atoms with E-state index in [0.717, 1.165) is 11.3 Å². The number of Topliss-reactive ketones (excluding diaryl/α,β-unsaturated/α-hetero) is 1. The third-order valence-electron chi connectivity index (χ3n) is 4.37. The Bertz CT molecular complexity index is 896. The molecule has 0 bridgehead atoms. The second kappa shape index (κ2) is 12.1. The van der Waals surface area contributed by atoms with Gasteiger partial charge in [-0.15, -0.1) is 0 Å². The number of hydrogen-bond acceptors (Lipinski definition) is 6. The van der Waals surface area contributed by atoms with Crippen LogP contribution >= 0.6 is 0 Å². The minimum Gasteiger partial charge on any atom is -0.497 e. The zero-order chi connectivity index (χ0) is 23.6. The van der Waals surface area contributed by atoms with Crippen LogP contribution in [0.3, 0.4) is 0 Å². The van der Waals surface area contributed by atoms with Crippen molar-refractivity contribution in [3.63, 3.8) is 0 Å². The van der Waals surface area contributed by atoms with Gasteiger partial charge in [-0.05, 0) is 62.9 Å². The second-order valence-corrected chi connectivity index (χ2v) is 6.67. The number of nitrogens with zero attached hydrogens (tertiary/aromatic N) is 1. The highest BCUT2D eigenvalue weighted by Crippen LogP contribution is 2.15. The Kier molecular flexibility index (Phi) is 9.87. The molecule has 9 heteroatoms. The van der Waals surface area contributed by atoms with Crippen LogP contribution in [-0.4, -0.2) is 58.9 Å². The molecule has 0 fully saturated rings. The summed E-state index contributed by atoms with van der Waals surface area (Å²) in [7, 11) is 3.55. The summed E-state index contributed by atoms with van der Waals surface area (Å²) in [6, 6.07) is 14.4. The Morgan fingerprint density at radius 3 is 1.90 bits per heavy atom. The molecule has 9 nitrogen and oxygen atoms in total. The van der Waals surface area contributed by atoms with Crippen molar-refractivity contribution >= 4 is 29.3 Å². The Labute approximate surface area is 180 Å². The fourth-order valence-corrected chi connectivity index (χ4v) is 2.39. The number of methoxy groups -OCH3 is 1. The maximum Gasteiger partial charge on any atom is 0.414 e. The van der Waals surface area contributed by atoms with Crippen molar-refractivity contribution in [2.45, 2.75) is 26.4 Å². The van der Waals surface area contributed by atoms with Gasteiger partial charge >= 0.3 is 11.9 Å². The van der Waals surface area contributed by atoms with Crippen molar-refractivity contribution in [3.05, 3.63) is 59.7 Å². The largest absolute Gasteiger partial charge is 0.497 e. The van der Waals surface area contributed by atoms with Crippen molar-refractivity contribution in [3.8, 4) is 5.75 Å². The van der Waals surface area contributed by atoms with E-state index in [2.05, 4.69) is 5.32 Å². The lowest BCUT2D eigenvalue weighted by atomic mass is 10.1. The summed E-state index contributed by atoms with van der Waals surface area (Å²) in [4.78, 5) is 43.9. The average Bonchev–Trinajstić information content (AvgIpc) is 2.74. The number of carboxylic acid groups (broad SMARTS) is 2. The molecule has 0 aliphatic carbocycles. The van der Waals surface area contributed by atoms with E-state index < -0.39 is 11.9 Å². The molecule has 0 aliphatic heterocycles. The molecule has 0 saturated heterocycles. The molecule has 0 saturated carbocycles. The summed E-state index contributed by atoms with van der Waals surface area (Å²) in [5, 5.41) is 17.7. The third kappa shape index (κ3) is 8.67. The predicted octanol–water partition coefficient (Wildman–Crippen LogP) is 2.51. The molecule has 0 spiro atoms. The molecule has 2 rings (SSSR count). The van der Waals surface area contributed by atoms with Crippen LogP contribution in [0.2, 0.25) is 0 Å². The maximum atomic E-state index is 12.4. The van der Waals surface area contributed by atoms with Crippen LogP contribution in [0.4, 0.5) is 5.69 Å². The number of nitrogens with one attached hydrogen (secondary N) is 1. The molecular weight excluding hydrogens is 404 g/mol. The van der Waals surface area contributed by atoms with E-state index in [-0.39, 0.29) is 17.7 Å². The van der Waals surface area contributed by atoms with Crippen LogP contribution < -0.4 is 10.1 Å². The van der Waals surface area contributed by atoms with Crippen molar-refractivity contribution < 1.29 is 34.1 Å². The highest BCUT2D eigenvalue weighted by molar-refractivity contribution is 6.27. The van der Waals surface area contributed by atoms with Gasteiger partial charge in [0, 0.05) is 17.8 Å². The molecule has 2 aromatic rings. The molecule has 0 aliphatic rings. The number of benzene rings is 2. The van der Waals surface area contributed by atoms with E-state index in [9.17, 15) is 9.59 Å². The van der Waals surface area contributed by atoms with E-state index in [1.165, 1.54) is 6.92 Å². The van der Waals surface area contributed by atoms with Crippen molar-refractivity contribution in [2.24, 2.45) is 0 Å². The van der Waals surface area contributed by atoms with Gasteiger partial charge in [-0.2, -0.15) is 0 Å². The van der Waals surface area contributed by atoms with Gasteiger partial charge in [-0.25, -0.2) is 9.59 Å². The second-order valence-electron chi connectivity index (χ2n) is 6.67. The SMILES string of the molecule is COc1ccc(CN(C)C(C)C(=O)Nc2ccc(C(C)=O)cc2)cc1.O=C(O)C(=O)O. The minimum absolute atomic E-state index is 0.00506. The molecule has 3 N–H and O–H groups in total. The summed E-state index contributed by atoms with van der Waals surface area (Å²) < 4.78 is 5.15. The first-order valence-electron chi connectivity index (χ1n) is 9.26. The molecule has 2 aromatic carbocycles. The molecule has 1 atom stereocenters. The molecule has 0 aromatic heterocycles. The fraction of sp³-hybridized carbons (Fsp3) is 0.273. The first-order valence-corrected chi connectivity index (χ1v) is 9.26. The first-order chi connectivity index (χ1) is 14.5. The normalized spacial score (nSPS) is 11.0. The van der Waals surface area contributed by atoms with Crippen LogP contribution in [0, 0.1) is 0 Å². The van der Waals surface area contributed by atoms with E-state index in [4.69, 9.17) is 24.5 Å². The van der Waals surface area contributed by atoms with Gasteiger partial charge in [0.2, 0.25) is 5.91 Å². The number of carboxylic acids is 2. The van der Waals surface area contributed by atoms with Crippen molar-refractivity contribution in [1.29, 1.82) is 0 Å². The minimum atomic E-state index is -1.82. The number of ketones is 1. The van der Waals surface area contributed by atoms with E-state index >= 15 is 0 Å². The fourth-order valence-electron chi connectivity index (χ4n) is 2.39. The highest BCUT2D eigenvalue weighted by atomic mass is 16.5. The maximum absolute atomic E-state index is 12.4. The first kappa shape index (κ1) is 25.3. The summed E-state index contributed by atoms with van der Waals surface area (Å²) in [6.07, 6.45) is 0. The van der Waals surface area contributed by atoms with Gasteiger partial charge in [-0.3, -0.25) is 14.5 Å². The lowest BCUT2D eigenvalue weighted by Crippen LogP contribution is -2.39. The number of hydrogen-bond donors (Lipinski definition) is 3. The lowest BCUT2D eigenvalue weighted by Gasteiger charge is -2.24. The summed E-state index contributed by atoms with van der Waals surface area (Å²) >= 11 is 0. The predicted molar refractivity (Wildman–Crippen MR) is 114 cm³/mol. The number of likely N-dealkylation sites (N-methyl/N-ethyl adjacent to an activating group) is 1. The van der Waals surface area contributed by atoms with Crippen LogP contribution in [0.25, 0.3) is 0 Å². The zero-order valence-corrected chi connectivity index (χ0v) is 17.8. The van der Waals surface area contributed by atoms with Crippen molar-refractivity contribution in [2.75, 3.05) is 19.5 Å². The summed E-state index contributed by atoms with van der Waals surface area (Å²) in [6.45, 7) is 4.04. The van der Waals surface area contributed by atoms with Crippen LogP contribution in [0.1, 0.15) is 29.8 Å². The number of carbonyl (C=O) groups excluding carboxylic acids is 2. The number of rotatable bonds is 7.